The predicted octanol–water partition coefficient (Wildman–Crippen LogP) is 2.98. The molecule has 0 fully saturated rings. The van der Waals surface area contributed by atoms with Crippen LogP contribution >= 0.6 is 0 Å². The molecule has 0 N–H and O–H groups in total. The van der Waals surface area contributed by atoms with Gasteiger partial charge in [0.05, 0.1) is 0 Å². The zero-order chi connectivity index (χ0) is 14.3. The Morgan fingerprint density at radius 2 is 1.24 bits per heavy atom. The molecular formula is C6H3F9O2. The van der Waals surface area contributed by atoms with Crippen molar-refractivity contribution in [1.82, 2.24) is 0 Å². The average Bonchev–Trinajstić information content (AvgIpc) is 1.96. The summed E-state index contributed by atoms with van der Waals surface area (Å²) >= 11 is 0. The van der Waals surface area contributed by atoms with Crippen LogP contribution in [-0.2, 0) is 9.53 Å². The van der Waals surface area contributed by atoms with Gasteiger partial charge in [-0.3, -0.25) is 9.53 Å². The van der Waals surface area contributed by atoms with Crippen molar-refractivity contribution in [2.75, 3.05) is 0 Å². The van der Waals surface area contributed by atoms with Gasteiger partial charge in [0.25, 0.3) is 0 Å². The molecule has 0 heterocycles. The molecular weight excluding hydrogens is 275 g/mol. The quantitative estimate of drug-likeness (QED) is 0.742. The monoisotopic (exact) mass is 278 g/mol. The third-order valence-corrected chi connectivity index (χ3v) is 1.35. The van der Waals surface area contributed by atoms with E-state index in [1.165, 1.54) is 0 Å². The number of alkyl halides is 9. The Kier molecular flexibility index (Phi) is 3.80. The molecule has 102 valence electrons. The van der Waals surface area contributed by atoms with Crippen LogP contribution in [0.1, 0.15) is 6.92 Å². The zero-order valence-corrected chi connectivity index (χ0v) is 7.72. The minimum Gasteiger partial charge on any atom is -0.280 e. The van der Waals surface area contributed by atoms with Gasteiger partial charge in [-0.05, 0) is 0 Å². The number of rotatable bonds is 3. The lowest BCUT2D eigenvalue weighted by atomic mass is 10.3. The Morgan fingerprint density at radius 1 is 0.882 bits per heavy atom. The van der Waals surface area contributed by atoms with Crippen molar-refractivity contribution in [3.8, 4) is 0 Å². The number of carbonyl (C=O) groups is 1. The number of ether oxygens (including phenoxy) is 1. The molecule has 0 bridgehead atoms. The molecule has 0 aromatic carbocycles. The lowest BCUT2D eigenvalue weighted by molar-refractivity contribution is -0.395. The largest absolute Gasteiger partial charge is 0.459 e. The van der Waals surface area contributed by atoms with Crippen LogP contribution in [0.4, 0.5) is 39.5 Å². The van der Waals surface area contributed by atoms with E-state index in [0.29, 0.717) is 0 Å². The molecule has 17 heavy (non-hydrogen) atoms. The fourth-order valence-corrected chi connectivity index (χ4v) is 0.510. The number of carbonyl (C=O) groups excluding carboxylic acids is 1. The molecule has 1 atom stereocenters. The molecule has 0 aliphatic heterocycles. The molecule has 0 aliphatic rings. The van der Waals surface area contributed by atoms with Crippen molar-refractivity contribution in [3.05, 3.63) is 0 Å². The van der Waals surface area contributed by atoms with Gasteiger partial charge in [-0.25, -0.2) is 4.39 Å². The van der Waals surface area contributed by atoms with Crippen molar-refractivity contribution >= 4 is 5.78 Å². The highest BCUT2D eigenvalue weighted by atomic mass is 19.4. The van der Waals surface area contributed by atoms with Gasteiger partial charge in [0, 0.05) is 6.92 Å². The average molecular weight is 278 g/mol. The Labute approximate surface area is 87.3 Å². The van der Waals surface area contributed by atoms with Gasteiger partial charge in [0.15, 0.2) is 0 Å². The number of hydrogen-bond donors (Lipinski definition) is 0. The third kappa shape index (κ3) is 3.75. The molecule has 0 amide bonds. The Morgan fingerprint density at radius 3 is 1.47 bits per heavy atom. The van der Waals surface area contributed by atoms with E-state index in [-0.39, 0.29) is 0 Å². The van der Waals surface area contributed by atoms with Crippen molar-refractivity contribution in [1.29, 1.82) is 0 Å². The minimum atomic E-state index is -6.16. The molecule has 0 aliphatic carbocycles. The molecule has 0 radical (unpaired) electrons. The number of halogens is 9. The third-order valence-electron chi connectivity index (χ3n) is 1.35. The van der Waals surface area contributed by atoms with E-state index in [4.69, 9.17) is 0 Å². The first-order chi connectivity index (χ1) is 7.11. The smallest absolute Gasteiger partial charge is 0.280 e. The van der Waals surface area contributed by atoms with Gasteiger partial charge in [0.2, 0.25) is 0 Å². The van der Waals surface area contributed by atoms with E-state index in [9.17, 15) is 44.3 Å². The van der Waals surface area contributed by atoms with E-state index in [2.05, 4.69) is 4.74 Å². The van der Waals surface area contributed by atoms with Gasteiger partial charge < -0.3 is 0 Å². The maximum atomic E-state index is 12.5. The highest BCUT2D eigenvalue weighted by Crippen LogP contribution is 2.40. The molecule has 11 heteroatoms. The van der Waals surface area contributed by atoms with Crippen molar-refractivity contribution in [3.63, 3.8) is 0 Å². The van der Waals surface area contributed by atoms with E-state index in [1.807, 2.05) is 0 Å². The highest BCUT2D eigenvalue weighted by molar-refractivity contribution is 5.89. The van der Waals surface area contributed by atoms with E-state index < -0.39 is 37.0 Å². The standard InChI is InChI=1S/C6H3F9O2/c1-3(7,6(13,14)15)17-5(11,12)2(16)4(8,9)10/h1H3. The summed E-state index contributed by atoms with van der Waals surface area (Å²) in [5.74, 6) is -9.03. The van der Waals surface area contributed by atoms with Gasteiger partial charge >= 0.3 is 30.1 Å². The molecule has 0 rings (SSSR count). The maximum absolute atomic E-state index is 12.5. The summed E-state index contributed by atoms with van der Waals surface area (Å²) < 4.78 is 109. The lowest BCUT2D eigenvalue weighted by Crippen LogP contribution is -2.51. The molecule has 2 nitrogen and oxygen atoms in total. The maximum Gasteiger partial charge on any atom is 0.459 e. The molecule has 1 unspecified atom stereocenters. The normalized spacial score (nSPS) is 17.8. The topological polar surface area (TPSA) is 26.3 Å². The molecule has 0 spiro atoms. The number of Topliss-reactive ketones (excluding diaryl/α,β-unsaturated/α-hetero) is 1. The predicted molar refractivity (Wildman–Crippen MR) is 32.7 cm³/mol. The van der Waals surface area contributed by atoms with Crippen LogP contribution < -0.4 is 0 Å². The van der Waals surface area contributed by atoms with Crippen molar-refractivity contribution in [2.45, 2.75) is 31.2 Å². The fraction of sp³-hybridized carbons (Fsp3) is 0.833. The first kappa shape index (κ1) is 16.0. The van der Waals surface area contributed by atoms with Crippen LogP contribution in [0.5, 0.6) is 0 Å². The number of ketones is 1. The second-order valence-corrected chi connectivity index (χ2v) is 2.86. The molecule has 0 saturated carbocycles. The van der Waals surface area contributed by atoms with E-state index in [0.717, 1.165) is 0 Å². The Balaban J connectivity index is 5.08. The van der Waals surface area contributed by atoms with Crippen molar-refractivity contribution < 1.29 is 49.0 Å². The molecule has 0 saturated heterocycles. The van der Waals surface area contributed by atoms with Crippen LogP contribution in [0, 0.1) is 0 Å². The lowest BCUT2D eigenvalue weighted by Gasteiger charge is -2.27. The fourth-order valence-electron chi connectivity index (χ4n) is 0.510. The zero-order valence-electron chi connectivity index (χ0n) is 7.72. The van der Waals surface area contributed by atoms with Gasteiger partial charge in [-0.1, -0.05) is 0 Å². The van der Waals surface area contributed by atoms with Crippen LogP contribution in [0.3, 0.4) is 0 Å². The summed E-state index contributed by atoms with van der Waals surface area (Å²) in [6, 6.07) is 0. The summed E-state index contributed by atoms with van der Waals surface area (Å²) in [5.41, 5.74) is 0. The number of hydrogen-bond acceptors (Lipinski definition) is 2. The van der Waals surface area contributed by atoms with Crippen LogP contribution in [0.15, 0.2) is 0 Å². The Hall–Kier alpha value is -1.00. The molecule has 0 aromatic heterocycles. The van der Waals surface area contributed by atoms with Gasteiger partial charge in [0.1, 0.15) is 0 Å². The summed E-state index contributed by atoms with van der Waals surface area (Å²) in [4.78, 5) is 9.96. The summed E-state index contributed by atoms with van der Waals surface area (Å²) in [7, 11) is 0. The second-order valence-electron chi connectivity index (χ2n) is 2.86. The highest BCUT2D eigenvalue weighted by Gasteiger charge is 2.65. The molecule has 0 aromatic rings. The van der Waals surface area contributed by atoms with Crippen LogP contribution in [0.2, 0.25) is 0 Å². The van der Waals surface area contributed by atoms with Crippen LogP contribution in [0.25, 0.3) is 0 Å². The Bertz CT molecular complexity index is 300. The SMILES string of the molecule is CC(F)(OC(F)(F)C(=O)C(F)(F)F)C(F)(F)F. The van der Waals surface area contributed by atoms with Crippen LogP contribution in [-0.4, -0.2) is 30.1 Å². The van der Waals surface area contributed by atoms with E-state index >= 15 is 0 Å². The first-order valence-electron chi connectivity index (χ1n) is 3.56. The van der Waals surface area contributed by atoms with Crippen molar-refractivity contribution in [2.24, 2.45) is 0 Å². The second kappa shape index (κ2) is 4.03. The van der Waals surface area contributed by atoms with Gasteiger partial charge in [-0.2, -0.15) is 35.1 Å². The minimum absolute atomic E-state index is 0.593. The summed E-state index contributed by atoms with van der Waals surface area (Å²) in [5, 5.41) is 0. The summed E-state index contributed by atoms with van der Waals surface area (Å²) in [6.07, 6.45) is -18.2. The van der Waals surface area contributed by atoms with Gasteiger partial charge in [-0.15, -0.1) is 0 Å². The first-order valence-corrected chi connectivity index (χ1v) is 3.56. The van der Waals surface area contributed by atoms with E-state index in [1.54, 1.807) is 0 Å². The summed E-state index contributed by atoms with van der Waals surface area (Å²) in [6.45, 7) is -0.593.